The van der Waals surface area contributed by atoms with Gasteiger partial charge in [0, 0.05) is 12.3 Å². The Bertz CT molecular complexity index is 1360. The highest BCUT2D eigenvalue weighted by Crippen LogP contribution is 2.67. The maximum Gasteiger partial charge on any atom is 0.338 e. The van der Waals surface area contributed by atoms with E-state index in [-0.39, 0.29) is 35.0 Å². The zero-order valence-electron chi connectivity index (χ0n) is 28.2. The summed E-state index contributed by atoms with van der Waals surface area (Å²) in [6, 6.07) is 18.8. The molecule has 0 amide bonds. The Morgan fingerprint density at radius 1 is 0.778 bits per heavy atom. The van der Waals surface area contributed by atoms with E-state index in [9.17, 15) is 9.59 Å². The Morgan fingerprint density at radius 2 is 1.42 bits per heavy atom. The van der Waals surface area contributed by atoms with Gasteiger partial charge in [0.05, 0.1) is 11.1 Å². The normalized spacial score (nSPS) is 34.6. The molecule has 3 saturated carbocycles. The van der Waals surface area contributed by atoms with Crippen molar-refractivity contribution in [1.29, 1.82) is 0 Å². The van der Waals surface area contributed by atoms with Gasteiger partial charge in [-0.15, -0.1) is 0 Å². The van der Waals surface area contributed by atoms with Crippen molar-refractivity contribution in [1.82, 2.24) is 0 Å². The number of carbonyl (C=O) groups is 2. The molecule has 0 aromatic heterocycles. The van der Waals surface area contributed by atoms with Gasteiger partial charge in [-0.25, -0.2) is 9.59 Å². The van der Waals surface area contributed by atoms with Gasteiger partial charge >= 0.3 is 11.9 Å². The number of hydrogen-bond donors (Lipinski definition) is 0. The van der Waals surface area contributed by atoms with Crippen molar-refractivity contribution < 1.29 is 19.1 Å². The van der Waals surface area contributed by atoms with Crippen LogP contribution in [0.2, 0.25) is 0 Å². The molecule has 0 spiro atoms. The van der Waals surface area contributed by atoms with Gasteiger partial charge < -0.3 is 9.47 Å². The summed E-state index contributed by atoms with van der Waals surface area (Å²) in [4.78, 5) is 26.6. The molecular formula is C41H54O4. The molecule has 4 aliphatic rings. The smallest absolute Gasteiger partial charge is 0.338 e. The van der Waals surface area contributed by atoms with Gasteiger partial charge in [-0.3, -0.25) is 0 Å². The van der Waals surface area contributed by atoms with Gasteiger partial charge in [0.15, 0.2) is 0 Å². The molecule has 2 aromatic rings. The number of hydrogen-bond acceptors (Lipinski definition) is 4. The molecule has 9 atom stereocenters. The van der Waals surface area contributed by atoms with Crippen LogP contribution in [0.3, 0.4) is 0 Å². The maximum absolute atomic E-state index is 13.6. The van der Waals surface area contributed by atoms with E-state index in [0.29, 0.717) is 28.9 Å². The third-order valence-corrected chi connectivity index (χ3v) is 12.8. The predicted octanol–water partition coefficient (Wildman–Crippen LogP) is 10.1. The minimum atomic E-state index is -0.256. The first-order valence-electron chi connectivity index (χ1n) is 17.8. The lowest BCUT2D eigenvalue weighted by molar-refractivity contribution is -0.102. The zero-order valence-corrected chi connectivity index (χ0v) is 28.2. The van der Waals surface area contributed by atoms with Crippen molar-refractivity contribution in [2.45, 2.75) is 111 Å². The lowest BCUT2D eigenvalue weighted by Gasteiger charge is -2.59. The van der Waals surface area contributed by atoms with Crippen molar-refractivity contribution >= 4 is 11.9 Å². The molecular weight excluding hydrogens is 556 g/mol. The molecule has 6 rings (SSSR count). The largest absolute Gasteiger partial charge is 0.458 e. The highest BCUT2D eigenvalue weighted by molar-refractivity contribution is 5.90. The molecule has 0 saturated heterocycles. The average Bonchev–Trinajstić information content (AvgIpc) is 3.39. The molecule has 4 heteroatoms. The van der Waals surface area contributed by atoms with Crippen LogP contribution in [-0.2, 0) is 9.47 Å². The third kappa shape index (κ3) is 6.28. The van der Waals surface area contributed by atoms with Gasteiger partial charge in [-0.1, -0.05) is 95.9 Å². The van der Waals surface area contributed by atoms with Crippen LogP contribution in [0.15, 0.2) is 72.3 Å². The molecule has 4 aliphatic carbocycles. The van der Waals surface area contributed by atoms with Crippen LogP contribution >= 0.6 is 0 Å². The Morgan fingerprint density at radius 3 is 2.07 bits per heavy atom. The summed E-state index contributed by atoms with van der Waals surface area (Å²) in [5.41, 5.74) is 2.85. The summed E-state index contributed by atoms with van der Waals surface area (Å²) in [5, 5.41) is 0. The van der Waals surface area contributed by atoms with Crippen molar-refractivity contribution in [3.05, 3.63) is 83.4 Å². The molecule has 0 aliphatic heterocycles. The second-order valence-electron chi connectivity index (χ2n) is 15.8. The minimum absolute atomic E-state index is 0.0400. The molecule has 45 heavy (non-hydrogen) atoms. The van der Waals surface area contributed by atoms with E-state index in [0.717, 1.165) is 37.0 Å². The van der Waals surface area contributed by atoms with Gasteiger partial charge in [0.1, 0.15) is 12.2 Å². The molecule has 0 bridgehead atoms. The standard InChI is InChI=1S/C41H54O4/c1-27(2)13-12-14-28(3)33-19-20-34-37-35(22-24-41(33,34)5)40(4)23-21-32(44-38(42)29-15-8-6-9-16-29)25-31(40)26-36(37)45-39(43)30-17-10-7-11-18-30/h6-11,15-18,26-28,32-37H,12-14,19-25H2,1-5H3. The van der Waals surface area contributed by atoms with E-state index >= 15 is 0 Å². The molecule has 0 heterocycles. The maximum atomic E-state index is 13.6. The summed E-state index contributed by atoms with van der Waals surface area (Å²) in [6.45, 7) is 12.2. The van der Waals surface area contributed by atoms with E-state index in [2.05, 4.69) is 40.7 Å². The van der Waals surface area contributed by atoms with Crippen molar-refractivity contribution in [2.75, 3.05) is 0 Å². The van der Waals surface area contributed by atoms with Gasteiger partial charge in [0.2, 0.25) is 0 Å². The first-order chi connectivity index (χ1) is 21.6. The molecule has 242 valence electrons. The van der Waals surface area contributed by atoms with E-state index in [4.69, 9.17) is 9.47 Å². The summed E-state index contributed by atoms with van der Waals surface area (Å²) >= 11 is 0. The van der Waals surface area contributed by atoms with Crippen LogP contribution in [0.5, 0.6) is 0 Å². The van der Waals surface area contributed by atoms with Crippen LogP contribution in [0.4, 0.5) is 0 Å². The topological polar surface area (TPSA) is 52.6 Å². The van der Waals surface area contributed by atoms with Crippen molar-refractivity contribution in [3.63, 3.8) is 0 Å². The molecule has 4 nitrogen and oxygen atoms in total. The fourth-order valence-electron chi connectivity index (χ4n) is 10.4. The zero-order chi connectivity index (χ0) is 31.8. The number of esters is 2. The second-order valence-corrected chi connectivity index (χ2v) is 15.8. The van der Waals surface area contributed by atoms with E-state index < -0.39 is 0 Å². The summed E-state index contributed by atoms with van der Waals surface area (Å²) in [7, 11) is 0. The van der Waals surface area contributed by atoms with Crippen LogP contribution in [0, 0.1) is 46.3 Å². The van der Waals surface area contributed by atoms with Crippen LogP contribution in [0.25, 0.3) is 0 Å². The molecule has 2 aromatic carbocycles. The number of carbonyl (C=O) groups excluding carboxylic acids is 2. The molecule has 3 fully saturated rings. The first kappa shape index (κ1) is 32.1. The predicted molar refractivity (Wildman–Crippen MR) is 180 cm³/mol. The first-order valence-corrected chi connectivity index (χ1v) is 17.8. The molecule has 9 unspecified atom stereocenters. The summed E-state index contributed by atoms with van der Waals surface area (Å²) < 4.78 is 12.6. The summed E-state index contributed by atoms with van der Waals surface area (Å²) in [6.07, 6.45) is 13.4. The Hall–Kier alpha value is -2.88. The fourth-order valence-corrected chi connectivity index (χ4v) is 10.4. The van der Waals surface area contributed by atoms with Crippen LogP contribution in [0.1, 0.15) is 120 Å². The monoisotopic (exact) mass is 610 g/mol. The quantitative estimate of drug-likeness (QED) is 0.209. The number of fused-ring (bicyclic) bond motifs is 5. The lowest BCUT2D eigenvalue weighted by Crippen LogP contribution is -2.55. The van der Waals surface area contributed by atoms with Gasteiger partial charge in [-0.05, 0) is 109 Å². The fraction of sp³-hybridized carbons (Fsp3) is 0.610. The van der Waals surface area contributed by atoms with Crippen molar-refractivity contribution in [3.8, 4) is 0 Å². The lowest BCUT2D eigenvalue weighted by atomic mass is 9.46. The number of benzene rings is 2. The Balaban J connectivity index is 1.28. The number of ether oxygens (including phenoxy) is 2. The van der Waals surface area contributed by atoms with Crippen LogP contribution < -0.4 is 0 Å². The highest BCUT2D eigenvalue weighted by atomic mass is 16.5. The highest BCUT2D eigenvalue weighted by Gasteiger charge is 2.62. The van der Waals surface area contributed by atoms with E-state index in [1.54, 1.807) is 0 Å². The Kier molecular flexibility index (Phi) is 9.33. The van der Waals surface area contributed by atoms with E-state index in [1.165, 1.54) is 50.5 Å². The van der Waals surface area contributed by atoms with Gasteiger partial charge in [-0.2, -0.15) is 0 Å². The van der Waals surface area contributed by atoms with Crippen LogP contribution in [-0.4, -0.2) is 24.1 Å². The van der Waals surface area contributed by atoms with Gasteiger partial charge in [0.25, 0.3) is 0 Å². The third-order valence-electron chi connectivity index (χ3n) is 12.8. The molecule has 0 radical (unpaired) electrons. The number of rotatable bonds is 9. The molecule has 0 N–H and O–H groups in total. The minimum Gasteiger partial charge on any atom is -0.458 e. The average molecular weight is 611 g/mol. The summed E-state index contributed by atoms with van der Waals surface area (Å²) in [5.74, 6) is 3.07. The SMILES string of the molecule is CC(C)CCCC(C)C1CCC2C3C(OC(=O)c4ccccc4)C=C4CC(OC(=O)c5ccccc5)CCC4(C)C3CCC12C. The van der Waals surface area contributed by atoms with E-state index in [1.807, 2.05) is 60.7 Å². The van der Waals surface area contributed by atoms with Crippen molar-refractivity contribution in [2.24, 2.45) is 46.3 Å². The Labute approximate surface area is 271 Å². The second kappa shape index (κ2) is 13.1.